The highest BCUT2D eigenvalue weighted by Crippen LogP contribution is 2.25. The van der Waals surface area contributed by atoms with E-state index in [1.165, 1.54) is 11.8 Å². The molecule has 0 atom stereocenters. The number of nitrogens with two attached hydrogens (primary N) is 2. The van der Waals surface area contributed by atoms with Gasteiger partial charge in [-0.1, -0.05) is 36.4 Å². The van der Waals surface area contributed by atoms with Gasteiger partial charge in [-0.25, -0.2) is 4.98 Å². The molecule has 1 heterocycles. The molecule has 1 aromatic heterocycles. The molecule has 0 fully saturated rings. The number of benzene rings is 1. The van der Waals surface area contributed by atoms with Gasteiger partial charge in [-0.3, -0.25) is 0 Å². The zero-order chi connectivity index (χ0) is 13.0. The number of hydrogen-bond donors (Lipinski definition) is 2. The van der Waals surface area contributed by atoms with Crippen molar-refractivity contribution in [1.29, 1.82) is 0 Å². The summed E-state index contributed by atoms with van der Waals surface area (Å²) < 4.78 is 0. The van der Waals surface area contributed by atoms with Gasteiger partial charge in [0.15, 0.2) is 0 Å². The fraction of sp³-hybridized carbons (Fsp3) is 0.0769. The Kier molecular flexibility index (Phi) is 3.84. The van der Waals surface area contributed by atoms with E-state index in [-0.39, 0.29) is 5.95 Å². The second-order valence-corrected chi connectivity index (χ2v) is 4.43. The van der Waals surface area contributed by atoms with Crippen molar-refractivity contribution in [1.82, 2.24) is 9.97 Å². The molecule has 0 saturated carbocycles. The van der Waals surface area contributed by atoms with Gasteiger partial charge >= 0.3 is 0 Å². The van der Waals surface area contributed by atoms with E-state index in [1.54, 1.807) is 0 Å². The van der Waals surface area contributed by atoms with E-state index in [0.717, 1.165) is 16.2 Å². The molecule has 4 N–H and O–H groups in total. The van der Waals surface area contributed by atoms with Crippen LogP contribution < -0.4 is 11.5 Å². The van der Waals surface area contributed by atoms with Crippen molar-refractivity contribution >= 4 is 35.7 Å². The molecule has 0 unspecified atom stereocenters. The molecule has 0 aliphatic rings. The predicted molar refractivity (Wildman–Crippen MR) is 78.0 cm³/mol. The van der Waals surface area contributed by atoms with Gasteiger partial charge in [0.2, 0.25) is 5.95 Å². The van der Waals surface area contributed by atoms with Crippen LogP contribution >= 0.6 is 11.8 Å². The van der Waals surface area contributed by atoms with Crippen LogP contribution in [0.3, 0.4) is 0 Å². The van der Waals surface area contributed by atoms with Crippen molar-refractivity contribution in [3.8, 4) is 0 Å². The molecule has 18 heavy (non-hydrogen) atoms. The highest BCUT2D eigenvalue weighted by Gasteiger charge is 2.07. The minimum atomic E-state index is 0.203. The first-order chi connectivity index (χ1) is 8.70. The first-order valence-electron chi connectivity index (χ1n) is 5.41. The van der Waals surface area contributed by atoms with Crippen LogP contribution in [0.2, 0.25) is 0 Å². The lowest BCUT2D eigenvalue weighted by Crippen LogP contribution is -2.03. The third-order valence-corrected chi connectivity index (χ3v) is 3.09. The summed E-state index contributed by atoms with van der Waals surface area (Å²) in [6, 6.07) is 9.98. The van der Waals surface area contributed by atoms with E-state index in [1.807, 2.05) is 48.7 Å². The highest BCUT2D eigenvalue weighted by molar-refractivity contribution is 7.98. The molecule has 0 amide bonds. The third-order valence-electron chi connectivity index (χ3n) is 2.39. The molecule has 5 heteroatoms. The summed E-state index contributed by atoms with van der Waals surface area (Å²) >= 11 is 1.50. The summed E-state index contributed by atoms with van der Waals surface area (Å²) in [5.74, 6) is 0.604. The van der Waals surface area contributed by atoms with Gasteiger partial charge in [0, 0.05) is 5.56 Å². The average molecular weight is 258 g/mol. The quantitative estimate of drug-likeness (QED) is 0.653. The fourth-order valence-electron chi connectivity index (χ4n) is 1.54. The van der Waals surface area contributed by atoms with Crippen LogP contribution in [-0.4, -0.2) is 16.2 Å². The Bertz CT molecular complexity index is 567. The number of nitrogens with zero attached hydrogens (tertiary/aromatic N) is 2. The molecule has 4 nitrogen and oxygen atoms in total. The van der Waals surface area contributed by atoms with Crippen LogP contribution in [0.5, 0.6) is 0 Å². The molecule has 92 valence electrons. The van der Waals surface area contributed by atoms with Crippen molar-refractivity contribution in [2.75, 3.05) is 17.7 Å². The fourth-order valence-corrected chi connectivity index (χ4v) is 2.12. The maximum Gasteiger partial charge on any atom is 0.223 e. The summed E-state index contributed by atoms with van der Waals surface area (Å²) in [7, 11) is 0. The van der Waals surface area contributed by atoms with Crippen molar-refractivity contribution < 1.29 is 0 Å². The third kappa shape index (κ3) is 2.81. The standard InChI is InChI=1S/C13H14N4S/c1-18-12-10(11(14)16-13(15)17-12)8-7-9-5-3-2-4-6-9/h2-8H,1H3,(H4,14,15,16,17)/b8-7+. The SMILES string of the molecule is CSc1nc(N)nc(N)c1/C=C/c1ccccc1. The van der Waals surface area contributed by atoms with Crippen LogP contribution in [-0.2, 0) is 0 Å². The molecule has 2 aromatic rings. The van der Waals surface area contributed by atoms with Gasteiger partial charge in [-0.15, -0.1) is 11.8 Å². The van der Waals surface area contributed by atoms with Crippen LogP contribution in [0.25, 0.3) is 12.2 Å². The Morgan fingerprint density at radius 1 is 1.06 bits per heavy atom. The second-order valence-electron chi connectivity index (χ2n) is 3.63. The van der Waals surface area contributed by atoms with E-state index < -0.39 is 0 Å². The van der Waals surface area contributed by atoms with Crippen LogP contribution in [0.15, 0.2) is 35.4 Å². The molecule has 0 radical (unpaired) electrons. The Labute approximate surface area is 110 Å². The van der Waals surface area contributed by atoms with Crippen LogP contribution in [0, 0.1) is 0 Å². The maximum absolute atomic E-state index is 5.87. The van der Waals surface area contributed by atoms with Gasteiger partial charge < -0.3 is 11.5 Å². The molecular weight excluding hydrogens is 244 g/mol. The largest absolute Gasteiger partial charge is 0.383 e. The molecule has 0 bridgehead atoms. The summed E-state index contributed by atoms with van der Waals surface area (Å²) in [5, 5.41) is 0.784. The summed E-state index contributed by atoms with van der Waals surface area (Å²) in [4.78, 5) is 8.14. The van der Waals surface area contributed by atoms with E-state index in [2.05, 4.69) is 9.97 Å². The minimum Gasteiger partial charge on any atom is -0.383 e. The Hall–Kier alpha value is -2.01. The number of nitrogen functional groups attached to an aromatic ring is 2. The van der Waals surface area contributed by atoms with Crippen molar-refractivity contribution in [2.24, 2.45) is 0 Å². The Balaban J connectivity index is 2.37. The van der Waals surface area contributed by atoms with Crippen molar-refractivity contribution in [2.45, 2.75) is 5.03 Å². The summed E-state index contributed by atoms with van der Waals surface area (Å²) in [6.45, 7) is 0. The second kappa shape index (κ2) is 5.55. The molecule has 0 saturated heterocycles. The zero-order valence-electron chi connectivity index (χ0n) is 10.00. The van der Waals surface area contributed by atoms with E-state index in [4.69, 9.17) is 11.5 Å². The summed E-state index contributed by atoms with van der Waals surface area (Å²) in [6.07, 6.45) is 5.82. The normalized spacial score (nSPS) is 10.9. The average Bonchev–Trinajstić information content (AvgIpc) is 2.38. The minimum absolute atomic E-state index is 0.203. The number of thioether (sulfide) groups is 1. The van der Waals surface area contributed by atoms with E-state index in [0.29, 0.717) is 5.82 Å². The van der Waals surface area contributed by atoms with E-state index >= 15 is 0 Å². The number of aromatic nitrogens is 2. The molecular formula is C13H14N4S. The van der Waals surface area contributed by atoms with Crippen LogP contribution in [0.4, 0.5) is 11.8 Å². The number of rotatable bonds is 3. The monoisotopic (exact) mass is 258 g/mol. The van der Waals surface area contributed by atoms with Gasteiger partial charge in [0.05, 0.1) is 0 Å². The first-order valence-corrected chi connectivity index (χ1v) is 6.63. The van der Waals surface area contributed by atoms with E-state index in [9.17, 15) is 0 Å². The smallest absolute Gasteiger partial charge is 0.223 e. The predicted octanol–water partition coefficient (Wildman–Crippen LogP) is 2.53. The lowest BCUT2D eigenvalue weighted by Gasteiger charge is -2.05. The highest BCUT2D eigenvalue weighted by atomic mass is 32.2. The molecule has 1 aromatic carbocycles. The van der Waals surface area contributed by atoms with Gasteiger partial charge in [0.1, 0.15) is 10.8 Å². The molecule has 2 rings (SSSR count). The Morgan fingerprint density at radius 3 is 2.44 bits per heavy atom. The van der Waals surface area contributed by atoms with Crippen LogP contribution in [0.1, 0.15) is 11.1 Å². The van der Waals surface area contributed by atoms with Crippen molar-refractivity contribution in [3.05, 3.63) is 41.5 Å². The molecule has 0 spiro atoms. The van der Waals surface area contributed by atoms with Crippen molar-refractivity contribution in [3.63, 3.8) is 0 Å². The molecule has 0 aliphatic heterocycles. The number of hydrogen-bond acceptors (Lipinski definition) is 5. The van der Waals surface area contributed by atoms with Gasteiger partial charge in [0.25, 0.3) is 0 Å². The maximum atomic E-state index is 5.87. The number of anilines is 2. The first kappa shape index (κ1) is 12.4. The van der Waals surface area contributed by atoms with Gasteiger partial charge in [-0.05, 0) is 17.9 Å². The Morgan fingerprint density at radius 2 is 1.78 bits per heavy atom. The zero-order valence-corrected chi connectivity index (χ0v) is 10.8. The lowest BCUT2D eigenvalue weighted by molar-refractivity contribution is 1.06. The molecule has 0 aliphatic carbocycles. The topological polar surface area (TPSA) is 77.8 Å². The lowest BCUT2D eigenvalue weighted by atomic mass is 10.2. The van der Waals surface area contributed by atoms with Gasteiger partial charge in [-0.2, -0.15) is 4.98 Å². The summed E-state index contributed by atoms with van der Waals surface area (Å²) in [5.41, 5.74) is 13.3.